The van der Waals surface area contributed by atoms with Crippen molar-refractivity contribution in [3.63, 3.8) is 0 Å². The summed E-state index contributed by atoms with van der Waals surface area (Å²) in [5, 5.41) is 0. The Labute approximate surface area is 170 Å². The van der Waals surface area contributed by atoms with Crippen molar-refractivity contribution in [3.8, 4) is 17.1 Å². The first kappa shape index (κ1) is 19.8. The molecule has 0 unspecified atom stereocenters. The van der Waals surface area contributed by atoms with Crippen molar-refractivity contribution in [2.75, 3.05) is 40.9 Å². The van der Waals surface area contributed by atoms with Crippen LogP contribution in [0.3, 0.4) is 0 Å². The Morgan fingerprint density at radius 1 is 1.34 bits per heavy atom. The number of ether oxygens (including phenoxy) is 2. The summed E-state index contributed by atoms with van der Waals surface area (Å²) in [6.45, 7) is 2.17. The molecule has 3 heterocycles. The molecule has 7 nitrogen and oxygen atoms in total. The van der Waals surface area contributed by atoms with Gasteiger partial charge in [0.05, 0.1) is 31.8 Å². The fourth-order valence-electron chi connectivity index (χ4n) is 4.24. The lowest BCUT2D eigenvalue weighted by molar-refractivity contribution is -0.134. The lowest BCUT2D eigenvalue weighted by Gasteiger charge is -2.35. The molecular weight excluding hydrogens is 375 g/mol. The van der Waals surface area contributed by atoms with Gasteiger partial charge in [-0.05, 0) is 24.6 Å². The largest absolute Gasteiger partial charge is 0.497 e. The molecule has 2 aromatic rings. The normalized spacial score (nSPS) is 24.3. The third-order valence-corrected chi connectivity index (χ3v) is 5.85. The molecule has 2 fully saturated rings. The summed E-state index contributed by atoms with van der Waals surface area (Å²) in [7, 11) is 5.09. The zero-order valence-electron chi connectivity index (χ0n) is 17.0. The fourth-order valence-corrected chi connectivity index (χ4v) is 4.24. The van der Waals surface area contributed by atoms with E-state index in [-0.39, 0.29) is 23.9 Å². The number of aromatic nitrogens is 2. The molecule has 0 N–H and O–H groups in total. The third kappa shape index (κ3) is 4.00. The van der Waals surface area contributed by atoms with Gasteiger partial charge in [0.25, 0.3) is 0 Å². The van der Waals surface area contributed by atoms with Crippen LogP contribution in [0.2, 0.25) is 0 Å². The molecule has 0 spiro atoms. The van der Waals surface area contributed by atoms with E-state index in [1.807, 2.05) is 6.20 Å². The lowest BCUT2D eigenvalue weighted by atomic mass is 10.1. The number of rotatable bonds is 5. The standard InChI is InChI=1S/C21H27FN4O3/c1-24(2)20(27)10-17-12-25-11-14(8-15(25)13-29-17)26-7-6-23-21(26)18-9-16(28-3)4-5-19(18)22/h4-7,9,14-15,17H,8,10-13H2,1-3H3/t14-,15+,17+/m1/s1. The van der Waals surface area contributed by atoms with Crippen molar-refractivity contribution < 1.29 is 18.7 Å². The van der Waals surface area contributed by atoms with Gasteiger partial charge in [0.1, 0.15) is 17.4 Å². The van der Waals surface area contributed by atoms with Gasteiger partial charge >= 0.3 is 0 Å². The quantitative estimate of drug-likeness (QED) is 0.767. The zero-order valence-corrected chi connectivity index (χ0v) is 17.0. The number of imidazole rings is 1. The molecule has 4 rings (SSSR count). The van der Waals surface area contributed by atoms with Gasteiger partial charge in [0.15, 0.2) is 0 Å². The summed E-state index contributed by atoms with van der Waals surface area (Å²) in [4.78, 5) is 20.4. The molecule has 2 aliphatic heterocycles. The van der Waals surface area contributed by atoms with Crippen LogP contribution < -0.4 is 4.74 Å². The number of methoxy groups -OCH3 is 1. The molecular formula is C21H27FN4O3. The number of nitrogens with zero attached hydrogens (tertiary/aromatic N) is 4. The Hall–Kier alpha value is -2.45. The molecule has 0 bridgehead atoms. The first-order valence-corrected chi connectivity index (χ1v) is 9.88. The smallest absolute Gasteiger partial charge is 0.224 e. The second-order valence-corrected chi connectivity index (χ2v) is 7.95. The molecule has 156 valence electrons. The molecule has 29 heavy (non-hydrogen) atoms. The SMILES string of the molecule is COc1ccc(F)c(-c2nccn2[C@@H]2C[C@H]3CO[C@@H](CC(=O)N(C)C)CN3C2)c1. The van der Waals surface area contributed by atoms with E-state index in [9.17, 15) is 9.18 Å². The van der Waals surface area contributed by atoms with Gasteiger partial charge in [0.2, 0.25) is 5.91 Å². The van der Waals surface area contributed by atoms with Gasteiger partial charge in [-0.1, -0.05) is 0 Å². The number of hydrogen-bond donors (Lipinski definition) is 0. The maximum Gasteiger partial charge on any atom is 0.224 e. The van der Waals surface area contributed by atoms with E-state index in [0.717, 1.165) is 19.5 Å². The van der Waals surface area contributed by atoms with Crippen LogP contribution in [0.5, 0.6) is 5.75 Å². The monoisotopic (exact) mass is 402 g/mol. The van der Waals surface area contributed by atoms with Crippen LogP contribution in [0.4, 0.5) is 4.39 Å². The topological polar surface area (TPSA) is 59.8 Å². The Kier molecular flexibility index (Phi) is 5.56. The van der Waals surface area contributed by atoms with E-state index in [2.05, 4.69) is 14.5 Å². The van der Waals surface area contributed by atoms with Crippen LogP contribution >= 0.6 is 0 Å². The van der Waals surface area contributed by atoms with Crippen molar-refractivity contribution in [1.82, 2.24) is 19.4 Å². The molecule has 3 atom stereocenters. The van der Waals surface area contributed by atoms with Crippen LogP contribution in [-0.2, 0) is 9.53 Å². The number of amides is 1. The fraction of sp³-hybridized carbons (Fsp3) is 0.524. The predicted molar refractivity (Wildman–Crippen MR) is 106 cm³/mol. The highest BCUT2D eigenvalue weighted by molar-refractivity contribution is 5.76. The number of morpholine rings is 1. The average molecular weight is 402 g/mol. The number of fused-ring (bicyclic) bond motifs is 1. The number of benzene rings is 1. The summed E-state index contributed by atoms with van der Waals surface area (Å²) >= 11 is 0. The number of carbonyl (C=O) groups is 1. The van der Waals surface area contributed by atoms with Crippen LogP contribution in [0.1, 0.15) is 18.9 Å². The number of hydrogen-bond acceptors (Lipinski definition) is 5. The number of halogens is 1. The van der Waals surface area contributed by atoms with Crippen LogP contribution in [0.15, 0.2) is 30.6 Å². The van der Waals surface area contributed by atoms with Gasteiger partial charge in [-0.15, -0.1) is 0 Å². The van der Waals surface area contributed by atoms with Crippen molar-refractivity contribution >= 4 is 5.91 Å². The lowest BCUT2D eigenvalue weighted by Crippen LogP contribution is -2.47. The van der Waals surface area contributed by atoms with Crippen LogP contribution in [-0.4, -0.2) is 78.3 Å². The van der Waals surface area contributed by atoms with Gasteiger partial charge in [0, 0.05) is 51.7 Å². The van der Waals surface area contributed by atoms with E-state index >= 15 is 0 Å². The van der Waals surface area contributed by atoms with E-state index in [1.165, 1.54) is 6.07 Å². The van der Waals surface area contributed by atoms with Gasteiger partial charge in [-0.3, -0.25) is 9.69 Å². The molecule has 8 heteroatoms. The molecule has 0 radical (unpaired) electrons. The van der Waals surface area contributed by atoms with Crippen molar-refractivity contribution in [3.05, 3.63) is 36.4 Å². The Balaban J connectivity index is 1.50. The van der Waals surface area contributed by atoms with Crippen molar-refractivity contribution in [1.29, 1.82) is 0 Å². The van der Waals surface area contributed by atoms with Gasteiger partial charge in [-0.25, -0.2) is 9.37 Å². The first-order chi connectivity index (χ1) is 14.0. The minimum atomic E-state index is -0.320. The Morgan fingerprint density at radius 2 is 2.17 bits per heavy atom. The second kappa shape index (κ2) is 8.12. The summed E-state index contributed by atoms with van der Waals surface area (Å²) in [6.07, 6.45) is 4.83. The molecule has 2 aliphatic rings. The minimum absolute atomic E-state index is 0.0783. The van der Waals surface area contributed by atoms with E-state index in [4.69, 9.17) is 9.47 Å². The Bertz CT molecular complexity index is 885. The van der Waals surface area contributed by atoms with Crippen molar-refractivity contribution in [2.24, 2.45) is 0 Å². The van der Waals surface area contributed by atoms with E-state index in [0.29, 0.717) is 36.2 Å². The molecule has 1 aromatic heterocycles. The highest BCUT2D eigenvalue weighted by atomic mass is 19.1. The van der Waals surface area contributed by atoms with E-state index < -0.39 is 0 Å². The maximum absolute atomic E-state index is 14.5. The van der Waals surface area contributed by atoms with Gasteiger partial charge in [-0.2, -0.15) is 0 Å². The summed E-state index contributed by atoms with van der Waals surface area (Å²) in [5.74, 6) is 0.960. The highest BCUT2D eigenvalue weighted by Gasteiger charge is 2.39. The van der Waals surface area contributed by atoms with E-state index in [1.54, 1.807) is 44.4 Å². The first-order valence-electron chi connectivity index (χ1n) is 9.88. The molecule has 0 saturated carbocycles. The van der Waals surface area contributed by atoms with Crippen molar-refractivity contribution in [2.45, 2.75) is 31.0 Å². The summed E-state index contributed by atoms with van der Waals surface area (Å²) < 4.78 is 27.7. The second-order valence-electron chi connectivity index (χ2n) is 7.95. The molecule has 1 amide bonds. The summed E-state index contributed by atoms with van der Waals surface area (Å²) in [6, 6.07) is 5.17. The van der Waals surface area contributed by atoms with Crippen LogP contribution in [0, 0.1) is 5.82 Å². The zero-order chi connectivity index (χ0) is 20.5. The van der Waals surface area contributed by atoms with Crippen LogP contribution in [0.25, 0.3) is 11.4 Å². The average Bonchev–Trinajstić information content (AvgIpc) is 3.34. The van der Waals surface area contributed by atoms with Gasteiger partial charge < -0.3 is 18.9 Å². The highest BCUT2D eigenvalue weighted by Crippen LogP contribution is 2.35. The maximum atomic E-state index is 14.5. The Morgan fingerprint density at radius 3 is 2.93 bits per heavy atom. The molecule has 2 saturated heterocycles. The predicted octanol–water partition coefficient (Wildman–Crippen LogP) is 2.19. The third-order valence-electron chi connectivity index (χ3n) is 5.85. The number of carbonyl (C=O) groups excluding carboxylic acids is 1. The minimum Gasteiger partial charge on any atom is -0.497 e. The molecule has 0 aliphatic carbocycles. The summed E-state index contributed by atoms with van der Waals surface area (Å²) in [5.41, 5.74) is 0.435. The molecule has 1 aromatic carbocycles.